The van der Waals surface area contributed by atoms with Gasteiger partial charge in [-0.15, -0.1) is 0 Å². The van der Waals surface area contributed by atoms with Gasteiger partial charge in [0, 0.05) is 19.9 Å². The van der Waals surface area contributed by atoms with Crippen LogP contribution in [0.15, 0.2) is 79.3 Å². The summed E-state index contributed by atoms with van der Waals surface area (Å²) < 4.78 is 7.30. The van der Waals surface area contributed by atoms with E-state index < -0.39 is 6.10 Å². The van der Waals surface area contributed by atoms with Crippen molar-refractivity contribution in [1.82, 2.24) is 19.9 Å². The van der Waals surface area contributed by atoms with Crippen molar-refractivity contribution in [2.75, 3.05) is 7.11 Å². The van der Waals surface area contributed by atoms with Crippen molar-refractivity contribution in [3.63, 3.8) is 0 Å². The van der Waals surface area contributed by atoms with Gasteiger partial charge in [-0.05, 0) is 29.3 Å². The van der Waals surface area contributed by atoms with Gasteiger partial charge in [-0.2, -0.15) is 0 Å². The fourth-order valence-corrected chi connectivity index (χ4v) is 3.11. The number of pyridine rings is 1. The number of fused-ring (bicyclic) bond motifs is 1. The largest absolute Gasteiger partial charge is 0.367 e. The summed E-state index contributed by atoms with van der Waals surface area (Å²) >= 11 is 0. The maximum Gasteiger partial charge on any atom is 0.254 e. The molecule has 1 N–H and O–H groups in total. The van der Waals surface area contributed by atoms with E-state index in [1.807, 2.05) is 71.3 Å². The average Bonchev–Trinajstić information content (AvgIpc) is 3.18. The molecular formula is C22H20N4O2. The lowest BCUT2D eigenvalue weighted by molar-refractivity contribution is -0.131. The van der Waals surface area contributed by atoms with Crippen LogP contribution in [0.4, 0.5) is 0 Å². The van der Waals surface area contributed by atoms with Gasteiger partial charge in [-0.1, -0.05) is 48.5 Å². The zero-order valence-corrected chi connectivity index (χ0v) is 15.4. The SMILES string of the molecule is COC(C(=O)NCc1ccc(-n2cnc3ccccc32)nc1)c1ccccc1. The topological polar surface area (TPSA) is 69.0 Å². The molecule has 0 saturated heterocycles. The number of carbonyl (C=O) groups is 1. The summed E-state index contributed by atoms with van der Waals surface area (Å²) in [6.45, 7) is 0.378. The number of carbonyl (C=O) groups excluding carboxylic acids is 1. The van der Waals surface area contributed by atoms with Gasteiger partial charge in [0.2, 0.25) is 0 Å². The maximum absolute atomic E-state index is 12.5. The second kappa shape index (κ2) is 8.02. The number of nitrogens with zero attached hydrogens (tertiary/aromatic N) is 3. The minimum absolute atomic E-state index is 0.182. The number of hydrogen-bond acceptors (Lipinski definition) is 4. The minimum Gasteiger partial charge on any atom is -0.367 e. The normalized spacial score (nSPS) is 12.0. The predicted molar refractivity (Wildman–Crippen MR) is 107 cm³/mol. The number of amides is 1. The number of aromatic nitrogens is 3. The molecule has 1 unspecified atom stereocenters. The molecule has 0 radical (unpaired) electrons. The molecule has 0 spiro atoms. The lowest BCUT2D eigenvalue weighted by Crippen LogP contribution is -2.30. The van der Waals surface area contributed by atoms with Crippen LogP contribution in [0.1, 0.15) is 17.2 Å². The Kier molecular flexibility index (Phi) is 5.12. The van der Waals surface area contributed by atoms with Gasteiger partial charge < -0.3 is 10.1 Å². The Hall–Kier alpha value is -3.51. The van der Waals surface area contributed by atoms with E-state index >= 15 is 0 Å². The van der Waals surface area contributed by atoms with Crippen LogP contribution in [0.2, 0.25) is 0 Å². The number of methoxy groups -OCH3 is 1. The van der Waals surface area contributed by atoms with Gasteiger partial charge in [0.25, 0.3) is 5.91 Å². The molecule has 0 fully saturated rings. The predicted octanol–water partition coefficient (Wildman–Crippen LogP) is 3.42. The second-order valence-electron chi connectivity index (χ2n) is 6.37. The average molecular weight is 372 g/mol. The zero-order chi connectivity index (χ0) is 19.3. The summed E-state index contributed by atoms with van der Waals surface area (Å²) in [6, 6.07) is 21.2. The molecule has 4 rings (SSSR count). The third kappa shape index (κ3) is 3.63. The number of hydrogen-bond donors (Lipinski definition) is 1. The number of ether oxygens (including phenoxy) is 1. The number of nitrogens with one attached hydrogen (secondary N) is 1. The van der Waals surface area contributed by atoms with Crippen molar-refractivity contribution in [1.29, 1.82) is 0 Å². The van der Waals surface area contributed by atoms with Gasteiger partial charge in [0.15, 0.2) is 6.10 Å². The molecule has 0 aliphatic rings. The molecule has 6 heteroatoms. The standard InChI is InChI=1S/C22H20N4O2/c1-28-21(17-7-3-2-4-8-17)22(27)24-14-16-11-12-20(23-13-16)26-15-25-18-9-5-6-10-19(18)26/h2-13,15,21H,14H2,1H3,(H,24,27). The first-order valence-electron chi connectivity index (χ1n) is 8.99. The molecule has 0 bridgehead atoms. The van der Waals surface area contributed by atoms with E-state index in [0.29, 0.717) is 6.54 Å². The van der Waals surface area contributed by atoms with E-state index in [0.717, 1.165) is 28.0 Å². The van der Waals surface area contributed by atoms with E-state index in [9.17, 15) is 4.79 Å². The van der Waals surface area contributed by atoms with Crippen molar-refractivity contribution in [2.24, 2.45) is 0 Å². The van der Waals surface area contributed by atoms with Crippen molar-refractivity contribution in [2.45, 2.75) is 12.6 Å². The van der Waals surface area contributed by atoms with Gasteiger partial charge in [-0.3, -0.25) is 9.36 Å². The smallest absolute Gasteiger partial charge is 0.254 e. The van der Waals surface area contributed by atoms with E-state index in [1.54, 1.807) is 12.5 Å². The van der Waals surface area contributed by atoms with Crippen molar-refractivity contribution in [3.8, 4) is 5.82 Å². The van der Waals surface area contributed by atoms with Crippen LogP contribution in [0, 0.1) is 0 Å². The molecule has 2 aromatic carbocycles. The summed E-state index contributed by atoms with van der Waals surface area (Å²) in [5, 5.41) is 2.91. The Bertz CT molecular complexity index is 1070. The molecule has 1 atom stereocenters. The van der Waals surface area contributed by atoms with E-state index in [1.165, 1.54) is 7.11 Å². The Labute approximate surface area is 162 Å². The van der Waals surface area contributed by atoms with Crippen LogP contribution in [-0.4, -0.2) is 27.6 Å². The lowest BCUT2D eigenvalue weighted by Gasteiger charge is -2.15. The highest BCUT2D eigenvalue weighted by Gasteiger charge is 2.19. The monoisotopic (exact) mass is 372 g/mol. The Morgan fingerprint density at radius 3 is 2.57 bits per heavy atom. The van der Waals surface area contributed by atoms with E-state index in [4.69, 9.17) is 4.74 Å². The van der Waals surface area contributed by atoms with E-state index in [-0.39, 0.29) is 5.91 Å². The summed E-state index contributed by atoms with van der Waals surface area (Å²) in [7, 11) is 1.53. The molecule has 28 heavy (non-hydrogen) atoms. The molecule has 0 aliphatic heterocycles. The van der Waals surface area contributed by atoms with Gasteiger partial charge in [-0.25, -0.2) is 9.97 Å². The molecule has 0 aliphatic carbocycles. The molecule has 0 saturated carbocycles. The van der Waals surface area contributed by atoms with Gasteiger partial charge in [0.1, 0.15) is 12.1 Å². The fourth-order valence-electron chi connectivity index (χ4n) is 3.11. The highest BCUT2D eigenvalue weighted by atomic mass is 16.5. The van der Waals surface area contributed by atoms with Gasteiger partial charge >= 0.3 is 0 Å². The van der Waals surface area contributed by atoms with Crippen LogP contribution >= 0.6 is 0 Å². The van der Waals surface area contributed by atoms with Crippen LogP contribution < -0.4 is 5.32 Å². The van der Waals surface area contributed by atoms with Crippen LogP contribution in [0.3, 0.4) is 0 Å². The van der Waals surface area contributed by atoms with Gasteiger partial charge in [0.05, 0.1) is 11.0 Å². The summed E-state index contributed by atoms with van der Waals surface area (Å²) in [6.07, 6.45) is 2.89. The van der Waals surface area contributed by atoms with Crippen molar-refractivity contribution < 1.29 is 9.53 Å². The first-order chi connectivity index (χ1) is 13.8. The Balaban J connectivity index is 1.44. The minimum atomic E-state index is -0.634. The van der Waals surface area contributed by atoms with Crippen LogP contribution in [0.5, 0.6) is 0 Å². The summed E-state index contributed by atoms with van der Waals surface area (Å²) in [4.78, 5) is 21.4. The molecule has 1 amide bonds. The first-order valence-corrected chi connectivity index (χ1v) is 8.99. The first kappa shape index (κ1) is 17.9. The molecular weight excluding hydrogens is 352 g/mol. The number of benzene rings is 2. The third-order valence-corrected chi connectivity index (χ3v) is 4.55. The maximum atomic E-state index is 12.5. The molecule has 2 aromatic heterocycles. The number of para-hydroxylation sites is 2. The number of imidazole rings is 1. The molecule has 6 nitrogen and oxygen atoms in total. The molecule has 4 aromatic rings. The lowest BCUT2D eigenvalue weighted by atomic mass is 10.1. The Morgan fingerprint density at radius 2 is 1.82 bits per heavy atom. The van der Waals surface area contributed by atoms with Crippen LogP contribution in [-0.2, 0) is 16.1 Å². The second-order valence-corrected chi connectivity index (χ2v) is 6.37. The summed E-state index contributed by atoms with van der Waals surface area (Å²) in [5.74, 6) is 0.598. The fraction of sp³-hybridized carbons (Fsp3) is 0.136. The molecule has 2 heterocycles. The Morgan fingerprint density at radius 1 is 1.04 bits per heavy atom. The van der Waals surface area contributed by atoms with Crippen molar-refractivity contribution in [3.05, 3.63) is 90.4 Å². The highest BCUT2D eigenvalue weighted by molar-refractivity contribution is 5.82. The highest BCUT2D eigenvalue weighted by Crippen LogP contribution is 2.18. The van der Waals surface area contributed by atoms with E-state index in [2.05, 4.69) is 15.3 Å². The molecule has 140 valence electrons. The van der Waals surface area contributed by atoms with Crippen LogP contribution in [0.25, 0.3) is 16.9 Å². The number of rotatable bonds is 6. The quantitative estimate of drug-likeness (QED) is 0.563. The summed E-state index contributed by atoms with van der Waals surface area (Å²) in [5.41, 5.74) is 3.65. The van der Waals surface area contributed by atoms with Crippen molar-refractivity contribution >= 4 is 16.9 Å². The zero-order valence-electron chi connectivity index (χ0n) is 15.4. The third-order valence-electron chi connectivity index (χ3n) is 4.55.